The largest absolute Gasteiger partial charge is 0.325 e. The van der Waals surface area contributed by atoms with Crippen molar-refractivity contribution in [3.8, 4) is 0 Å². The first kappa shape index (κ1) is 19.1. The lowest BCUT2D eigenvalue weighted by Crippen LogP contribution is -2.18. The first-order chi connectivity index (χ1) is 11.7. The molecular weight excluding hydrogens is 412 g/mol. The van der Waals surface area contributed by atoms with E-state index in [1.54, 1.807) is 24.3 Å². The number of benzene rings is 2. The summed E-state index contributed by atoms with van der Waals surface area (Å²) in [6.07, 6.45) is -0.258. The van der Waals surface area contributed by atoms with E-state index in [1.165, 1.54) is 25.1 Å². The Morgan fingerprint density at radius 3 is 2.52 bits per heavy atom. The smallest absolute Gasteiger partial charge is 0.273 e. The van der Waals surface area contributed by atoms with Crippen LogP contribution in [0.2, 0.25) is 0 Å². The molecule has 0 aromatic heterocycles. The van der Waals surface area contributed by atoms with Crippen LogP contribution in [-0.2, 0) is 14.6 Å². The van der Waals surface area contributed by atoms with Crippen molar-refractivity contribution in [2.24, 2.45) is 0 Å². The molecule has 0 radical (unpaired) electrons. The highest BCUT2D eigenvalue weighted by Gasteiger charge is 2.23. The summed E-state index contributed by atoms with van der Waals surface area (Å²) in [5.41, 5.74) is 0.342. The van der Waals surface area contributed by atoms with Crippen LogP contribution in [0.3, 0.4) is 0 Å². The quantitative estimate of drug-likeness (QED) is 0.561. The lowest BCUT2D eigenvalue weighted by Gasteiger charge is -2.09. The molecule has 0 bridgehead atoms. The van der Waals surface area contributed by atoms with Crippen LogP contribution in [0, 0.1) is 17.0 Å². The van der Waals surface area contributed by atoms with Crippen LogP contribution in [0.1, 0.15) is 12.0 Å². The fraction of sp³-hybridized carbons (Fsp3) is 0.188. The molecule has 132 valence electrons. The Morgan fingerprint density at radius 2 is 1.88 bits per heavy atom. The normalized spacial score (nSPS) is 11.1. The van der Waals surface area contributed by atoms with Crippen molar-refractivity contribution in [1.29, 1.82) is 0 Å². The average Bonchev–Trinajstić information content (AvgIpc) is 2.55. The number of sulfone groups is 1. The second-order valence-corrected chi connectivity index (χ2v) is 8.19. The van der Waals surface area contributed by atoms with Crippen molar-refractivity contribution in [3.05, 3.63) is 62.6 Å². The highest BCUT2D eigenvalue weighted by molar-refractivity contribution is 9.10. The molecule has 7 nitrogen and oxygen atoms in total. The lowest BCUT2D eigenvalue weighted by atomic mass is 10.2. The zero-order valence-electron chi connectivity index (χ0n) is 13.2. The Balaban J connectivity index is 2.12. The van der Waals surface area contributed by atoms with Gasteiger partial charge in [-0.1, -0.05) is 18.2 Å². The molecule has 0 fully saturated rings. The molecule has 1 amide bonds. The van der Waals surface area contributed by atoms with Crippen LogP contribution in [0.4, 0.5) is 11.4 Å². The molecule has 25 heavy (non-hydrogen) atoms. The van der Waals surface area contributed by atoms with E-state index >= 15 is 0 Å². The molecule has 0 unspecified atom stereocenters. The summed E-state index contributed by atoms with van der Waals surface area (Å²) in [7, 11) is -3.82. The number of hydrogen-bond acceptors (Lipinski definition) is 5. The summed E-state index contributed by atoms with van der Waals surface area (Å²) in [6, 6.07) is 10.8. The third-order valence-electron chi connectivity index (χ3n) is 3.53. The molecule has 2 aromatic carbocycles. The molecule has 0 saturated heterocycles. The third-order valence-corrected chi connectivity index (χ3v) is 6.08. The van der Waals surface area contributed by atoms with Crippen molar-refractivity contribution in [2.45, 2.75) is 18.2 Å². The second-order valence-electron chi connectivity index (χ2n) is 5.25. The van der Waals surface area contributed by atoms with Gasteiger partial charge in [-0.15, -0.1) is 0 Å². The SMILES string of the molecule is Cc1c([N+](=O)[O-])cccc1S(=O)(=O)CCC(=O)Nc1ccccc1Br. The highest BCUT2D eigenvalue weighted by Crippen LogP contribution is 2.26. The van der Waals surface area contributed by atoms with Gasteiger partial charge in [0.1, 0.15) is 0 Å². The van der Waals surface area contributed by atoms with Crippen molar-refractivity contribution < 1.29 is 18.1 Å². The zero-order chi connectivity index (χ0) is 18.6. The summed E-state index contributed by atoms with van der Waals surface area (Å²) in [5, 5.41) is 13.6. The average molecular weight is 427 g/mol. The number of anilines is 1. The number of rotatable bonds is 6. The summed E-state index contributed by atoms with van der Waals surface area (Å²) in [5.74, 6) is -0.899. The van der Waals surface area contributed by atoms with Crippen LogP contribution in [0.5, 0.6) is 0 Å². The van der Waals surface area contributed by atoms with Crippen LogP contribution >= 0.6 is 15.9 Å². The zero-order valence-corrected chi connectivity index (χ0v) is 15.6. The fourth-order valence-corrected chi connectivity index (χ4v) is 4.16. The number of carbonyl (C=O) groups excluding carboxylic acids is 1. The molecule has 0 saturated carbocycles. The van der Waals surface area contributed by atoms with Crippen LogP contribution < -0.4 is 5.32 Å². The van der Waals surface area contributed by atoms with E-state index in [0.717, 1.165) is 0 Å². The predicted molar refractivity (Wildman–Crippen MR) is 97.3 cm³/mol. The van der Waals surface area contributed by atoms with E-state index in [0.29, 0.717) is 10.2 Å². The van der Waals surface area contributed by atoms with Crippen molar-refractivity contribution in [3.63, 3.8) is 0 Å². The molecule has 0 aliphatic heterocycles. The Kier molecular flexibility index (Phi) is 5.91. The van der Waals surface area contributed by atoms with E-state index in [-0.39, 0.29) is 22.6 Å². The van der Waals surface area contributed by atoms with Crippen molar-refractivity contribution >= 4 is 43.0 Å². The van der Waals surface area contributed by atoms with Gasteiger partial charge in [-0.2, -0.15) is 0 Å². The van der Waals surface area contributed by atoms with E-state index in [2.05, 4.69) is 21.2 Å². The molecule has 2 aromatic rings. The van der Waals surface area contributed by atoms with Crippen LogP contribution in [-0.4, -0.2) is 25.0 Å². The van der Waals surface area contributed by atoms with Gasteiger partial charge in [-0.05, 0) is 41.1 Å². The molecule has 0 atom stereocenters. The molecule has 2 rings (SSSR count). The molecule has 9 heteroatoms. The molecule has 0 aliphatic carbocycles. The maximum absolute atomic E-state index is 12.4. The number of halogens is 1. The summed E-state index contributed by atoms with van der Waals surface area (Å²) >= 11 is 3.29. The number of nitrogens with one attached hydrogen (secondary N) is 1. The summed E-state index contributed by atoms with van der Waals surface area (Å²) in [4.78, 5) is 22.2. The Labute approximate surface area is 153 Å². The van der Waals surface area contributed by atoms with Gasteiger partial charge in [0.25, 0.3) is 5.69 Å². The van der Waals surface area contributed by atoms with Gasteiger partial charge >= 0.3 is 0 Å². The first-order valence-corrected chi connectivity index (χ1v) is 9.68. The van der Waals surface area contributed by atoms with E-state index in [9.17, 15) is 23.3 Å². The minimum atomic E-state index is -3.82. The number of carbonyl (C=O) groups is 1. The topological polar surface area (TPSA) is 106 Å². The maximum Gasteiger partial charge on any atom is 0.273 e. The number of nitro groups is 1. The van der Waals surface area contributed by atoms with Gasteiger partial charge in [-0.25, -0.2) is 8.42 Å². The fourth-order valence-electron chi connectivity index (χ4n) is 2.25. The van der Waals surface area contributed by atoms with Crippen molar-refractivity contribution in [1.82, 2.24) is 0 Å². The Morgan fingerprint density at radius 1 is 1.20 bits per heavy atom. The molecular formula is C16H15BrN2O5S. The van der Waals surface area contributed by atoms with Gasteiger partial charge in [0.15, 0.2) is 9.84 Å². The first-order valence-electron chi connectivity index (χ1n) is 7.23. The number of nitrogens with zero attached hydrogens (tertiary/aromatic N) is 1. The van der Waals surface area contributed by atoms with Gasteiger partial charge < -0.3 is 5.32 Å². The molecule has 0 spiro atoms. The van der Waals surface area contributed by atoms with Gasteiger partial charge in [0, 0.05) is 22.5 Å². The minimum absolute atomic E-state index is 0.0683. The molecule has 1 N–H and O–H groups in total. The van der Waals surface area contributed by atoms with Crippen molar-refractivity contribution in [2.75, 3.05) is 11.1 Å². The van der Waals surface area contributed by atoms with E-state index in [4.69, 9.17) is 0 Å². The van der Waals surface area contributed by atoms with E-state index in [1.807, 2.05) is 0 Å². The number of para-hydroxylation sites is 1. The standard InChI is InChI=1S/C16H15BrN2O5S/c1-11-14(19(21)22)7-4-8-15(11)25(23,24)10-9-16(20)18-13-6-3-2-5-12(13)17/h2-8H,9-10H2,1H3,(H,18,20). The van der Waals surface area contributed by atoms with Gasteiger partial charge in [0.05, 0.1) is 21.3 Å². The summed E-state index contributed by atoms with van der Waals surface area (Å²) in [6.45, 7) is 1.38. The number of hydrogen-bond donors (Lipinski definition) is 1. The van der Waals surface area contributed by atoms with Gasteiger partial charge in [-0.3, -0.25) is 14.9 Å². The van der Waals surface area contributed by atoms with Crippen LogP contribution in [0.25, 0.3) is 0 Å². The maximum atomic E-state index is 12.4. The highest BCUT2D eigenvalue weighted by atomic mass is 79.9. The van der Waals surface area contributed by atoms with Gasteiger partial charge in [0.2, 0.25) is 5.91 Å². The Bertz CT molecular complexity index is 928. The molecule has 0 heterocycles. The third kappa shape index (κ3) is 4.64. The number of nitro benzene ring substituents is 1. The Hall–Kier alpha value is -2.26. The van der Waals surface area contributed by atoms with E-state index < -0.39 is 26.4 Å². The summed E-state index contributed by atoms with van der Waals surface area (Å²) < 4.78 is 25.6. The minimum Gasteiger partial charge on any atom is -0.325 e. The number of amides is 1. The lowest BCUT2D eigenvalue weighted by molar-refractivity contribution is -0.385. The second kappa shape index (κ2) is 7.75. The molecule has 0 aliphatic rings. The monoisotopic (exact) mass is 426 g/mol. The predicted octanol–water partition coefficient (Wildman–Crippen LogP) is 3.47. The van der Waals surface area contributed by atoms with Crippen LogP contribution in [0.15, 0.2) is 51.8 Å².